The van der Waals surface area contributed by atoms with Crippen LogP contribution in [0.5, 0.6) is 0 Å². The van der Waals surface area contributed by atoms with Gasteiger partial charge in [-0.05, 0) is 49.9 Å². The molecule has 0 fully saturated rings. The van der Waals surface area contributed by atoms with Crippen LogP contribution >= 0.6 is 0 Å². The summed E-state index contributed by atoms with van der Waals surface area (Å²) in [5, 5.41) is 12.4. The Kier molecular flexibility index (Phi) is 4.75. The quantitative estimate of drug-likeness (QED) is 0.856. The van der Waals surface area contributed by atoms with Gasteiger partial charge < -0.3 is 10.4 Å². The fourth-order valence-corrected chi connectivity index (χ4v) is 3.06. The zero-order chi connectivity index (χ0) is 14.8. The van der Waals surface area contributed by atoms with E-state index in [0.717, 1.165) is 0 Å². The number of hydrogen-bond acceptors (Lipinski definition) is 2. The van der Waals surface area contributed by atoms with Crippen LogP contribution in [0.2, 0.25) is 0 Å². The number of carboxylic acid groups (broad SMARTS) is 1. The standard InChI is InChI=1S/C16H25NO2/c1-10-7-11(2)14(12(3)8-10)15(17-6)16(4,5)9-13(18)19/h7-8,15,17H,9H2,1-6H3,(H,18,19). The summed E-state index contributed by atoms with van der Waals surface area (Å²) in [6, 6.07) is 4.34. The summed E-state index contributed by atoms with van der Waals surface area (Å²) >= 11 is 0. The maximum Gasteiger partial charge on any atom is 0.303 e. The molecule has 2 N–H and O–H groups in total. The first kappa shape index (κ1) is 15.7. The Morgan fingerprint density at radius 2 is 1.74 bits per heavy atom. The molecule has 106 valence electrons. The van der Waals surface area contributed by atoms with Crippen molar-refractivity contribution in [2.45, 2.75) is 47.1 Å². The summed E-state index contributed by atoms with van der Waals surface area (Å²) in [7, 11) is 1.90. The molecule has 0 amide bonds. The van der Waals surface area contributed by atoms with Crippen LogP contribution in [0.4, 0.5) is 0 Å². The summed E-state index contributed by atoms with van der Waals surface area (Å²) in [6.45, 7) is 10.3. The lowest BCUT2D eigenvalue weighted by atomic mass is 9.75. The lowest BCUT2D eigenvalue weighted by Gasteiger charge is -2.35. The smallest absolute Gasteiger partial charge is 0.303 e. The lowest BCUT2D eigenvalue weighted by molar-refractivity contribution is -0.139. The number of benzene rings is 1. The molecule has 0 heterocycles. The van der Waals surface area contributed by atoms with E-state index in [4.69, 9.17) is 5.11 Å². The Balaban J connectivity index is 3.28. The van der Waals surface area contributed by atoms with E-state index in [0.29, 0.717) is 0 Å². The largest absolute Gasteiger partial charge is 0.481 e. The lowest BCUT2D eigenvalue weighted by Crippen LogP contribution is -2.35. The van der Waals surface area contributed by atoms with Crippen molar-refractivity contribution in [3.8, 4) is 0 Å². The van der Waals surface area contributed by atoms with E-state index in [1.54, 1.807) is 0 Å². The Hall–Kier alpha value is -1.35. The zero-order valence-electron chi connectivity index (χ0n) is 12.8. The van der Waals surface area contributed by atoms with Crippen molar-refractivity contribution in [2.75, 3.05) is 7.05 Å². The van der Waals surface area contributed by atoms with Crippen LogP contribution in [0.1, 0.15) is 48.6 Å². The molecule has 0 radical (unpaired) electrons. The highest BCUT2D eigenvalue weighted by Gasteiger charge is 2.33. The number of nitrogens with one attached hydrogen (secondary N) is 1. The molecular formula is C16H25NO2. The summed E-state index contributed by atoms with van der Waals surface area (Å²) in [4.78, 5) is 11.1. The van der Waals surface area contributed by atoms with Gasteiger partial charge in [-0.1, -0.05) is 31.5 Å². The molecule has 0 bridgehead atoms. The second-order valence-electron chi connectivity index (χ2n) is 6.09. The van der Waals surface area contributed by atoms with Crippen LogP contribution in [0.25, 0.3) is 0 Å². The first-order chi connectivity index (χ1) is 8.69. The van der Waals surface area contributed by atoms with Crippen molar-refractivity contribution < 1.29 is 9.90 Å². The zero-order valence-corrected chi connectivity index (χ0v) is 12.8. The molecule has 0 aromatic heterocycles. The molecule has 3 heteroatoms. The minimum Gasteiger partial charge on any atom is -0.481 e. The monoisotopic (exact) mass is 263 g/mol. The van der Waals surface area contributed by atoms with Crippen LogP contribution in [0.15, 0.2) is 12.1 Å². The first-order valence-corrected chi connectivity index (χ1v) is 6.66. The fraction of sp³-hybridized carbons (Fsp3) is 0.562. The third-order valence-corrected chi connectivity index (χ3v) is 3.70. The third kappa shape index (κ3) is 3.57. The molecule has 0 aliphatic rings. The van der Waals surface area contributed by atoms with Gasteiger partial charge >= 0.3 is 5.97 Å². The Bertz CT molecular complexity index is 455. The van der Waals surface area contributed by atoms with E-state index in [9.17, 15) is 4.79 Å². The second-order valence-corrected chi connectivity index (χ2v) is 6.09. The van der Waals surface area contributed by atoms with Crippen LogP contribution in [-0.2, 0) is 4.79 Å². The minimum absolute atomic E-state index is 0.0317. The van der Waals surface area contributed by atoms with Crippen molar-refractivity contribution in [3.05, 3.63) is 34.4 Å². The summed E-state index contributed by atoms with van der Waals surface area (Å²) in [6.07, 6.45) is 0.144. The van der Waals surface area contributed by atoms with Gasteiger partial charge in [0.05, 0.1) is 6.42 Å². The molecule has 1 atom stereocenters. The molecule has 0 saturated carbocycles. The number of hydrogen-bond donors (Lipinski definition) is 2. The topological polar surface area (TPSA) is 49.3 Å². The highest BCUT2D eigenvalue weighted by molar-refractivity contribution is 5.67. The normalized spacial score (nSPS) is 13.4. The number of aliphatic carboxylic acids is 1. The molecule has 1 unspecified atom stereocenters. The molecule has 0 spiro atoms. The van der Waals surface area contributed by atoms with Crippen molar-refractivity contribution in [3.63, 3.8) is 0 Å². The van der Waals surface area contributed by atoms with E-state index in [1.165, 1.54) is 22.3 Å². The van der Waals surface area contributed by atoms with Crippen LogP contribution < -0.4 is 5.32 Å². The predicted octanol–water partition coefficient (Wildman–Crippen LogP) is 3.37. The van der Waals surface area contributed by atoms with Gasteiger partial charge in [0.1, 0.15) is 0 Å². The summed E-state index contributed by atoms with van der Waals surface area (Å²) < 4.78 is 0. The van der Waals surface area contributed by atoms with Gasteiger partial charge in [-0.3, -0.25) is 4.79 Å². The Morgan fingerprint density at radius 1 is 1.26 bits per heavy atom. The second kappa shape index (κ2) is 5.74. The average Bonchev–Trinajstić information content (AvgIpc) is 2.20. The van der Waals surface area contributed by atoms with Gasteiger partial charge in [0.15, 0.2) is 0 Å². The first-order valence-electron chi connectivity index (χ1n) is 6.66. The van der Waals surface area contributed by atoms with E-state index in [-0.39, 0.29) is 17.9 Å². The van der Waals surface area contributed by atoms with Crippen molar-refractivity contribution in [1.29, 1.82) is 0 Å². The van der Waals surface area contributed by atoms with E-state index >= 15 is 0 Å². The van der Waals surface area contributed by atoms with Gasteiger partial charge in [-0.2, -0.15) is 0 Å². The van der Waals surface area contributed by atoms with E-state index in [1.807, 2.05) is 20.9 Å². The Morgan fingerprint density at radius 3 is 2.11 bits per heavy atom. The molecule has 19 heavy (non-hydrogen) atoms. The highest BCUT2D eigenvalue weighted by atomic mass is 16.4. The van der Waals surface area contributed by atoms with Crippen LogP contribution in [0, 0.1) is 26.2 Å². The molecule has 0 saturated heterocycles. The van der Waals surface area contributed by atoms with Crippen molar-refractivity contribution in [2.24, 2.45) is 5.41 Å². The third-order valence-electron chi connectivity index (χ3n) is 3.70. The molecule has 1 rings (SSSR count). The van der Waals surface area contributed by atoms with Crippen LogP contribution in [-0.4, -0.2) is 18.1 Å². The maximum atomic E-state index is 11.1. The van der Waals surface area contributed by atoms with E-state index in [2.05, 4.69) is 38.2 Å². The van der Waals surface area contributed by atoms with Crippen molar-refractivity contribution in [1.82, 2.24) is 5.32 Å². The predicted molar refractivity (Wildman–Crippen MR) is 78.5 cm³/mol. The summed E-state index contributed by atoms with van der Waals surface area (Å²) in [5.41, 5.74) is 4.56. The van der Waals surface area contributed by atoms with Gasteiger partial charge in [-0.25, -0.2) is 0 Å². The van der Waals surface area contributed by atoms with Gasteiger partial charge in [-0.15, -0.1) is 0 Å². The number of carbonyl (C=O) groups is 1. The molecule has 3 nitrogen and oxygen atoms in total. The van der Waals surface area contributed by atoms with Gasteiger partial charge in [0.2, 0.25) is 0 Å². The maximum absolute atomic E-state index is 11.1. The number of aryl methyl sites for hydroxylation is 3. The molecule has 1 aromatic carbocycles. The number of carboxylic acids is 1. The Labute approximate surface area is 116 Å². The van der Waals surface area contributed by atoms with Crippen LogP contribution in [0.3, 0.4) is 0 Å². The minimum atomic E-state index is -0.757. The SMILES string of the molecule is CNC(c1c(C)cc(C)cc1C)C(C)(C)CC(=O)O. The molecular weight excluding hydrogens is 238 g/mol. The fourth-order valence-electron chi connectivity index (χ4n) is 3.06. The average molecular weight is 263 g/mol. The summed E-state index contributed by atoms with van der Waals surface area (Å²) in [5.74, 6) is -0.757. The van der Waals surface area contributed by atoms with Gasteiger partial charge in [0.25, 0.3) is 0 Å². The van der Waals surface area contributed by atoms with Crippen molar-refractivity contribution >= 4 is 5.97 Å². The molecule has 1 aromatic rings. The highest BCUT2D eigenvalue weighted by Crippen LogP contribution is 2.39. The molecule has 0 aliphatic heterocycles. The number of rotatable bonds is 5. The van der Waals surface area contributed by atoms with E-state index < -0.39 is 5.97 Å². The van der Waals surface area contributed by atoms with Gasteiger partial charge in [0, 0.05) is 6.04 Å². The molecule has 0 aliphatic carbocycles.